The van der Waals surface area contributed by atoms with Crippen LogP contribution in [-0.4, -0.2) is 101 Å². The molecule has 13 heteroatoms. The molecule has 0 spiro atoms. The number of ether oxygens (including phenoxy) is 2. The predicted octanol–water partition coefficient (Wildman–Crippen LogP) is 5.71. The number of hydrogen-bond donors (Lipinski definition) is 4. The highest BCUT2D eigenvalue weighted by atomic mass is 16.5. The summed E-state index contributed by atoms with van der Waals surface area (Å²) in [4.78, 5) is 58.6. The van der Waals surface area contributed by atoms with Crippen LogP contribution in [0.1, 0.15) is 70.2 Å². The van der Waals surface area contributed by atoms with Crippen molar-refractivity contribution in [3.8, 4) is 33.6 Å². The van der Waals surface area contributed by atoms with Crippen LogP contribution in [-0.2, 0) is 19.1 Å². The number of aromatic nitrogens is 4. The number of nitrogens with one attached hydrogen (secondary N) is 4. The van der Waals surface area contributed by atoms with Crippen LogP contribution < -0.4 is 10.6 Å². The lowest BCUT2D eigenvalue weighted by Gasteiger charge is -2.33. The normalized spacial score (nSPS) is 18.1. The van der Waals surface area contributed by atoms with E-state index in [0.29, 0.717) is 19.0 Å². The summed E-state index contributed by atoms with van der Waals surface area (Å²) in [6.07, 6.45) is 6.63. The average Bonchev–Trinajstić information content (AvgIpc) is 3.99. The van der Waals surface area contributed by atoms with Crippen molar-refractivity contribution in [3.63, 3.8) is 0 Å². The van der Waals surface area contributed by atoms with Crippen LogP contribution in [0.15, 0.2) is 60.9 Å². The molecule has 2 aliphatic rings. The third kappa shape index (κ3) is 8.31. The van der Waals surface area contributed by atoms with E-state index in [0.717, 1.165) is 71.7 Å². The zero-order chi connectivity index (χ0) is 37.6. The van der Waals surface area contributed by atoms with Crippen molar-refractivity contribution >= 4 is 17.9 Å². The molecule has 2 aromatic carbocycles. The van der Waals surface area contributed by atoms with Gasteiger partial charge in [0.15, 0.2) is 0 Å². The van der Waals surface area contributed by atoms with Gasteiger partial charge in [0, 0.05) is 26.8 Å². The van der Waals surface area contributed by atoms with E-state index < -0.39 is 12.1 Å². The summed E-state index contributed by atoms with van der Waals surface area (Å²) >= 11 is 0. The second-order valence-corrected chi connectivity index (χ2v) is 14.4. The molecule has 2 aliphatic heterocycles. The molecule has 4 aromatic rings. The second-order valence-electron chi connectivity index (χ2n) is 14.4. The van der Waals surface area contributed by atoms with Gasteiger partial charge in [0.2, 0.25) is 11.8 Å². The number of imidazole rings is 2. The van der Waals surface area contributed by atoms with Crippen LogP contribution in [0.25, 0.3) is 33.6 Å². The number of hydrogen-bond acceptors (Lipinski definition) is 8. The quantitative estimate of drug-likeness (QED) is 0.145. The van der Waals surface area contributed by atoms with Crippen LogP contribution in [0.5, 0.6) is 0 Å². The van der Waals surface area contributed by atoms with E-state index in [1.165, 1.54) is 7.11 Å². The number of nitrogens with zero attached hydrogens (tertiary/aromatic N) is 4. The van der Waals surface area contributed by atoms with E-state index in [1.807, 2.05) is 51.0 Å². The number of carbonyl (C=O) groups excluding carboxylic acids is 3. The third-order valence-electron chi connectivity index (χ3n) is 10.8. The first-order valence-electron chi connectivity index (χ1n) is 18.6. The topological polar surface area (TPSA) is 158 Å². The summed E-state index contributed by atoms with van der Waals surface area (Å²) in [7, 11) is 4.86. The molecular formula is C40H52N8O5. The van der Waals surface area contributed by atoms with E-state index in [-0.39, 0.29) is 41.8 Å². The highest BCUT2D eigenvalue weighted by molar-refractivity contribution is 5.86. The van der Waals surface area contributed by atoms with Gasteiger partial charge in [0.25, 0.3) is 0 Å². The van der Waals surface area contributed by atoms with Crippen molar-refractivity contribution in [1.29, 1.82) is 0 Å². The SMILES string of the molecule is CNC(C(=O)N1CCCC1c1ncc(-c2ccc(-c3ccc(-c4cnc(C(C)N(C)C(=O)C(NC(=O)OC)C(C)C)[nH]4)cc3)cc2)[nH]1)C1CCOCC1. The molecule has 282 valence electrons. The van der Waals surface area contributed by atoms with Crippen molar-refractivity contribution in [2.45, 2.75) is 70.6 Å². The van der Waals surface area contributed by atoms with Gasteiger partial charge in [-0.05, 0) is 73.7 Å². The summed E-state index contributed by atoms with van der Waals surface area (Å²) in [5, 5.41) is 5.94. The lowest BCUT2D eigenvalue weighted by molar-refractivity contribution is -0.137. The first-order valence-corrected chi connectivity index (χ1v) is 18.6. The molecule has 0 aliphatic carbocycles. The third-order valence-corrected chi connectivity index (χ3v) is 10.8. The Labute approximate surface area is 311 Å². The molecule has 13 nitrogen and oxygen atoms in total. The monoisotopic (exact) mass is 724 g/mol. The Kier molecular flexibility index (Phi) is 11.9. The Balaban J connectivity index is 1.09. The van der Waals surface area contributed by atoms with Gasteiger partial charge in [-0.1, -0.05) is 62.4 Å². The predicted molar refractivity (Wildman–Crippen MR) is 202 cm³/mol. The van der Waals surface area contributed by atoms with Gasteiger partial charge in [-0.15, -0.1) is 0 Å². The van der Waals surface area contributed by atoms with Gasteiger partial charge in [0.1, 0.15) is 17.7 Å². The summed E-state index contributed by atoms with van der Waals surface area (Å²) in [6.45, 7) is 7.80. The maximum Gasteiger partial charge on any atom is 0.407 e. The van der Waals surface area contributed by atoms with Crippen molar-refractivity contribution in [1.82, 2.24) is 40.4 Å². The lowest BCUT2D eigenvalue weighted by atomic mass is 9.90. The maximum atomic E-state index is 13.7. The van der Waals surface area contributed by atoms with E-state index in [1.54, 1.807) is 18.1 Å². The Bertz CT molecular complexity index is 1850. The molecule has 4 N–H and O–H groups in total. The fourth-order valence-electron chi connectivity index (χ4n) is 7.43. The van der Waals surface area contributed by atoms with Crippen LogP contribution in [0.3, 0.4) is 0 Å². The Morgan fingerprint density at radius 2 is 1.47 bits per heavy atom. The highest BCUT2D eigenvalue weighted by Gasteiger charge is 2.38. The lowest BCUT2D eigenvalue weighted by Crippen LogP contribution is -2.50. The van der Waals surface area contributed by atoms with Crippen LogP contribution in [0, 0.1) is 11.8 Å². The number of aromatic amines is 2. The van der Waals surface area contributed by atoms with Gasteiger partial charge in [-0.25, -0.2) is 14.8 Å². The molecule has 4 unspecified atom stereocenters. The number of likely N-dealkylation sites (N-methyl/N-ethyl adjacent to an activating group) is 2. The zero-order valence-electron chi connectivity index (χ0n) is 31.5. The number of H-pyrrole nitrogens is 2. The molecular weight excluding hydrogens is 672 g/mol. The molecule has 6 rings (SSSR count). The summed E-state index contributed by atoms with van der Waals surface area (Å²) in [5.41, 5.74) is 5.91. The number of carbonyl (C=O) groups is 3. The number of rotatable bonds is 12. The number of amides is 3. The molecule has 0 saturated carbocycles. The molecule has 4 atom stereocenters. The number of benzene rings is 2. The summed E-state index contributed by atoms with van der Waals surface area (Å²) < 4.78 is 10.2. The molecule has 0 radical (unpaired) electrons. The largest absolute Gasteiger partial charge is 0.453 e. The number of alkyl carbamates (subject to hydrolysis) is 1. The molecule has 4 heterocycles. The number of likely N-dealkylation sites (tertiary alicyclic amines) is 1. The average molecular weight is 725 g/mol. The Morgan fingerprint density at radius 3 is 2.06 bits per heavy atom. The van der Waals surface area contributed by atoms with Gasteiger partial charge >= 0.3 is 6.09 Å². The first-order chi connectivity index (χ1) is 25.6. The minimum absolute atomic E-state index is 0.0603. The minimum atomic E-state index is -0.721. The zero-order valence-corrected chi connectivity index (χ0v) is 31.5. The minimum Gasteiger partial charge on any atom is -0.453 e. The molecule has 3 amide bonds. The molecule has 2 fully saturated rings. The maximum absolute atomic E-state index is 13.7. The van der Waals surface area contributed by atoms with Crippen LogP contribution in [0.2, 0.25) is 0 Å². The molecule has 0 bridgehead atoms. The van der Waals surface area contributed by atoms with E-state index in [9.17, 15) is 14.4 Å². The van der Waals surface area contributed by atoms with Crippen molar-refractivity contribution < 1.29 is 23.9 Å². The highest BCUT2D eigenvalue weighted by Crippen LogP contribution is 2.34. The fraction of sp³-hybridized carbons (Fsp3) is 0.475. The molecule has 2 aromatic heterocycles. The van der Waals surface area contributed by atoms with Gasteiger partial charge in [-0.3, -0.25) is 9.59 Å². The van der Waals surface area contributed by atoms with E-state index in [4.69, 9.17) is 14.5 Å². The van der Waals surface area contributed by atoms with Crippen molar-refractivity contribution in [2.75, 3.05) is 41.0 Å². The van der Waals surface area contributed by atoms with E-state index >= 15 is 0 Å². The van der Waals surface area contributed by atoms with Gasteiger partial charge in [-0.2, -0.15) is 0 Å². The molecule has 53 heavy (non-hydrogen) atoms. The first kappa shape index (κ1) is 37.7. The van der Waals surface area contributed by atoms with Gasteiger partial charge in [0.05, 0.1) is 49.0 Å². The van der Waals surface area contributed by atoms with E-state index in [2.05, 4.69) is 62.0 Å². The summed E-state index contributed by atoms with van der Waals surface area (Å²) in [6, 6.07) is 15.3. The Morgan fingerprint density at radius 1 is 0.887 bits per heavy atom. The van der Waals surface area contributed by atoms with Gasteiger partial charge < -0.3 is 39.9 Å². The summed E-state index contributed by atoms with van der Waals surface area (Å²) in [5.74, 6) is 1.56. The second kappa shape index (κ2) is 16.8. The smallest absolute Gasteiger partial charge is 0.407 e. The van der Waals surface area contributed by atoms with Crippen molar-refractivity contribution in [3.05, 3.63) is 72.6 Å². The van der Waals surface area contributed by atoms with Crippen LogP contribution >= 0.6 is 0 Å². The van der Waals surface area contributed by atoms with Crippen molar-refractivity contribution in [2.24, 2.45) is 11.8 Å². The van der Waals surface area contributed by atoms with Crippen LogP contribution in [0.4, 0.5) is 4.79 Å². The Hall–Kier alpha value is -5.01. The standard InChI is InChI=1S/C40H52N8O5/c1-24(2)34(46-40(51)52-6)38(49)47(5)25(3)36-42-22-31(44-36)28-13-9-26(10-14-28)27-11-15-29(16-12-27)32-23-43-37(45-32)33-8-7-19-48(33)39(50)35(41-4)30-17-20-53-21-18-30/h9-16,22-25,30,33-35,41H,7-8,17-21H2,1-6H3,(H,42,44)(H,43,45)(H,46,51). The fourth-order valence-corrected chi connectivity index (χ4v) is 7.43. The number of methoxy groups -OCH3 is 1. The molecule has 2 saturated heterocycles.